The van der Waals surface area contributed by atoms with Gasteiger partial charge >= 0.3 is 0 Å². The van der Waals surface area contributed by atoms with Gasteiger partial charge in [-0.1, -0.05) is 6.92 Å². The fourth-order valence-corrected chi connectivity index (χ4v) is 2.36. The SMILES string of the molecule is CCC(O)c1ccn(CCN2CCN(C)CC2)c1. The Kier molecular flexibility index (Phi) is 4.80. The van der Waals surface area contributed by atoms with E-state index in [1.807, 2.05) is 13.0 Å². The Hall–Kier alpha value is -0.840. The first-order chi connectivity index (χ1) is 8.69. The fourth-order valence-electron chi connectivity index (χ4n) is 2.36. The van der Waals surface area contributed by atoms with Crippen LogP contribution in [-0.2, 0) is 6.54 Å². The Morgan fingerprint density at radius 1 is 1.22 bits per heavy atom. The lowest BCUT2D eigenvalue weighted by Crippen LogP contribution is -2.45. The number of aromatic nitrogens is 1. The third-order valence-corrected chi connectivity index (χ3v) is 3.82. The number of aliphatic hydroxyl groups is 1. The summed E-state index contributed by atoms with van der Waals surface area (Å²) in [5.74, 6) is 0. The number of aliphatic hydroxyl groups excluding tert-OH is 1. The highest BCUT2D eigenvalue weighted by Crippen LogP contribution is 2.16. The second-order valence-electron chi connectivity index (χ2n) is 5.25. The molecular formula is C14H25N3O. The summed E-state index contributed by atoms with van der Waals surface area (Å²) in [6, 6.07) is 2.03. The molecule has 0 spiro atoms. The molecular weight excluding hydrogens is 226 g/mol. The van der Waals surface area contributed by atoms with E-state index < -0.39 is 0 Å². The summed E-state index contributed by atoms with van der Waals surface area (Å²) in [6.07, 6.45) is 4.62. The molecule has 1 aromatic heterocycles. The van der Waals surface area contributed by atoms with Crippen LogP contribution in [0.25, 0.3) is 0 Å². The molecule has 102 valence electrons. The lowest BCUT2D eigenvalue weighted by atomic mass is 10.1. The number of hydrogen-bond acceptors (Lipinski definition) is 3. The fraction of sp³-hybridized carbons (Fsp3) is 0.714. The van der Waals surface area contributed by atoms with E-state index in [2.05, 4.69) is 33.8 Å². The van der Waals surface area contributed by atoms with Crippen LogP contribution >= 0.6 is 0 Å². The Labute approximate surface area is 110 Å². The lowest BCUT2D eigenvalue weighted by Gasteiger charge is -2.32. The third kappa shape index (κ3) is 3.57. The van der Waals surface area contributed by atoms with Crippen LogP contribution in [0.4, 0.5) is 0 Å². The van der Waals surface area contributed by atoms with Crippen LogP contribution in [0.15, 0.2) is 18.5 Å². The summed E-state index contributed by atoms with van der Waals surface area (Å²) >= 11 is 0. The molecule has 2 heterocycles. The highest BCUT2D eigenvalue weighted by molar-refractivity contribution is 5.13. The highest BCUT2D eigenvalue weighted by atomic mass is 16.3. The topological polar surface area (TPSA) is 31.6 Å². The van der Waals surface area contributed by atoms with Crippen molar-refractivity contribution in [3.8, 4) is 0 Å². The molecule has 0 aliphatic carbocycles. The Morgan fingerprint density at radius 2 is 1.94 bits per heavy atom. The maximum absolute atomic E-state index is 9.76. The minimum absolute atomic E-state index is 0.310. The molecule has 0 bridgehead atoms. The molecule has 0 amide bonds. The average Bonchev–Trinajstić information content (AvgIpc) is 2.86. The van der Waals surface area contributed by atoms with Crippen molar-refractivity contribution in [2.24, 2.45) is 0 Å². The van der Waals surface area contributed by atoms with Crippen molar-refractivity contribution in [1.29, 1.82) is 0 Å². The molecule has 0 aromatic carbocycles. The maximum atomic E-state index is 9.76. The molecule has 4 heteroatoms. The van der Waals surface area contributed by atoms with E-state index in [4.69, 9.17) is 0 Å². The van der Waals surface area contributed by atoms with E-state index in [1.165, 1.54) is 26.2 Å². The quantitative estimate of drug-likeness (QED) is 0.853. The van der Waals surface area contributed by atoms with E-state index in [1.54, 1.807) is 0 Å². The van der Waals surface area contributed by atoms with E-state index in [-0.39, 0.29) is 6.10 Å². The summed E-state index contributed by atoms with van der Waals surface area (Å²) in [5, 5.41) is 9.76. The molecule has 1 atom stereocenters. The molecule has 4 nitrogen and oxygen atoms in total. The lowest BCUT2D eigenvalue weighted by molar-refractivity contribution is 0.150. The predicted octanol–water partition coefficient (Wildman–Crippen LogP) is 1.18. The van der Waals surface area contributed by atoms with Gasteiger partial charge in [0.15, 0.2) is 0 Å². The molecule has 1 fully saturated rings. The van der Waals surface area contributed by atoms with Crippen LogP contribution < -0.4 is 0 Å². The van der Waals surface area contributed by atoms with Gasteiger partial charge in [-0.3, -0.25) is 4.90 Å². The first kappa shape index (κ1) is 13.6. The van der Waals surface area contributed by atoms with Gasteiger partial charge < -0.3 is 14.6 Å². The van der Waals surface area contributed by atoms with Crippen molar-refractivity contribution in [3.63, 3.8) is 0 Å². The van der Waals surface area contributed by atoms with Gasteiger partial charge in [0.1, 0.15) is 0 Å². The predicted molar refractivity (Wildman–Crippen MR) is 73.6 cm³/mol. The molecule has 1 aliphatic heterocycles. The van der Waals surface area contributed by atoms with Crippen molar-refractivity contribution in [3.05, 3.63) is 24.0 Å². The number of rotatable bonds is 5. The zero-order valence-corrected chi connectivity index (χ0v) is 11.5. The van der Waals surface area contributed by atoms with Crippen LogP contribution in [-0.4, -0.2) is 59.2 Å². The van der Waals surface area contributed by atoms with Gasteiger partial charge in [-0.15, -0.1) is 0 Å². The number of likely N-dealkylation sites (N-methyl/N-ethyl adjacent to an activating group) is 1. The molecule has 1 aromatic rings. The van der Waals surface area contributed by atoms with Gasteiger partial charge in [-0.05, 0) is 25.1 Å². The monoisotopic (exact) mass is 251 g/mol. The number of hydrogen-bond donors (Lipinski definition) is 1. The summed E-state index contributed by atoms with van der Waals surface area (Å²) in [7, 11) is 2.18. The molecule has 1 unspecified atom stereocenters. The molecule has 1 aliphatic rings. The van der Waals surface area contributed by atoms with Gasteiger partial charge in [0.2, 0.25) is 0 Å². The van der Waals surface area contributed by atoms with E-state index in [9.17, 15) is 5.11 Å². The van der Waals surface area contributed by atoms with E-state index in [0.29, 0.717) is 0 Å². The van der Waals surface area contributed by atoms with Crippen molar-refractivity contribution >= 4 is 0 Å². The van der Waals surface area contributed by atoms with Crippen LogP contribution in [0.2, 0.25) is 0 Å². The van der Waals surface area contributed by atoms with Gasteiger partial charge in [0, 0.05) is 51.7 Å². The van der Waals surface area contributed by atoms with Crippen molar-refractivity contribution < 1.29 is 5.11 Å². The number of nitrogens with zero attached hydrogens (tertiary/aromatic N) is 3. The third-order valence-electron chi connectivity index (χ3n) is 3.82. The molecule has 1 saturated heterocycles. The molecule has 18 heavy (non-hydrogen) atoms. The number of piperazine rings is 1. The maximum Gasteiger partial charge on any atom is 0.0802 e. The van der Waals surface area contributed by atoms with Crippen LogP contribution in [0.5, 0.6) is 0 Å². The zero-order valence-electron chi connectivity index (χ0n) is 11.5. The van der Waals surface area contributed by atoms with Crippen LogP contribution in [0, 0.1) is 0 Å². The van der Waals surface area contributed by atoms with Crippen LogP contribution in [0.1, 0.15) is 25.0 Å². The van der Waals surface area contributed by atoms with E-state index in [0.717, 1.165) is 25.1 Å². The first-order valence-corrected chi connectivity index (χ1v) is 6.93. The van der Waals surface area contributed by atoms with Crippen molar-refractivity contribution in [2.75, 3.05) is 39.8 Å². The molecule has 0 radical (unpaired) electrons. The summed E-state index contributed by atoms with van der Waals surface area (Å²) < 4.78 is 2.19. The Bertz CT molecular complexity index is 356. The normalized spacial score (nSPS) is 20.2. The average molecular weight is 251 g/mol. The van der Waals surface area contributed by atoms with E-state index >= 15 is 0 Å². The van der Waals surface area contributed by atoms with Gasteiger partial charge in [-0.25, -0.2) is 0 Å². The van der Waals surface area contributed by atoms with Crippen molar-refractivity contribution in [1.82, 2.24) is 14.4 Å². The summed E-state index contributed by atoms with van der Waals surface area (Å²) in [5.41, 5.74) is 1.04. The smallest absolute Gasteiger partial charge is 0.0802 e. The van der Waals surface area contributed by atoms with Crippen molar-refractivity contribution in [2.45, 2.75) is 26.0 Å². The summed E-state index contributed by atoms with van der Waals surface area (Å²) in [4.78, 5) is 4.89. The molecule has 2 rings (SSSR count). The standard InChI is InChI=1S/C14H25N3O/c1-3-14(18)13-4-5-17(12-13)11-10-16-8-6-15(2)7-9-16/h4-5,12,14,18H,3,6-11H2,1-2H3. The molecule has 0 saturated carbocycles. The largest absolute Gasteiger partial charge is 0.388 e. The van der Waals surface area contributed by atoms with Gasteiger partial charge in [0.05, 0.1) is 6.10 Å². The second kappa shape index (κ2) is 6.36. The highest BCUT2D eigenvalue weighted by Gasteiger charge is 2.13. The van der Waals surface area contributed by atoms with Crippen LogP contribution in [0.3, 0.4) is 0 Å². The van der Waals surface area contributed by atoms with Gasteiger partial charge in [-0.2, -0.15) is 0 Å². The van der Waals surface area contributed by atoms with Gasteiger partial charge in [0.25, 0.3) is 0 Å². The minimum Gasteiger partial charge on any atom is -0.388 e. The zero-order chi connectivity index (χ0) is 13.0. The Morgan fingerprint density at radius 3 is 2.61 bits per heavy atom. The minimum atomic E-state index is -0.310. The molecule has 1 N–H and O–H groups in total. The Balaban J connectivity index is 1.78. The summed E-state index contributed by atoms with van der Waals surface area (Å²) in [6.45, 7) is 8.80. The second-order valence-corrected chi connectivity index (χ2v) is 5.25. The first-order valence-electron chi connectivity index (χ1n) is 6.93.